The summed E-state index contributed by atoms with van der Waals surface area (Å²) in [5.41, 5.74) is 2.28. The Morgan fingerprint density at radius 2 is 1.89 bits per heavy atom. The molecule has 0 spiro atoms. The molecule has 3 amide bonds. The lowest BCUT2D eigenvalue weighted by Crippen LogP contribution is -2.71. The van der Waals surface area contributed by atoms with Gasteiger partial charge in [0.15, 0.2) is 0 Å². The molecular formula is C20H20FN3O3. The fourth-order valence-electron chi connectivity index (χ4n) is 4.19. The number of amides is 3. The number of benzene rings is 2. The van der Waals surface area contributed by atoms with Crippen molar-refractivity contribution in [3.05, 3.63) is 59.9 Å². The summed E-state index contributed by atoms with van der Waals surface area (Å²) in [6.07, 6.45) is 0. The quantitative estimate of drug-likeness (QED) is 0.855. The van der Waals surface area contributed by atoms with Crippen LogP contribution in [0.1, 0.15) is 18.4 Å². The Labute approximate surface area is 156 Å². The Morgan fingerprint density at radius 1 is 1.19 bits per heavy atom. The van der Waals surface area contributed by atoms with Gasteiger partial charge >= 0.3 is 6.03 Å². The molecule has 4 rings (SSSR count). The van der Waals surface area contributed by atoms with Crippen molar-refractivity contribution in [2.45, 2.75) is 24.9 Å². The third-order valence-corrected chi connectivity index (χ3v) is 5.40. The van der Waals surface area contributed by atoms with Crippen molar-refractivity contribution in [2.24, 2.45) is 0 Å². The maximum atomic E-state index is 13.1. The second-order valence-corrected chi connectivity index (χ2v) is 6.88. The van der Waals surface area contributed by atoms with Gasteiger partial charge in [-0.1, -0.05) is 18.2 Å². The van der Waals surface area contributed by atoms with Crippen LogP contribution in [0.25, 0.3) is 0 Å². The zero-order valence-electron chi connectivity index (χ0n) is 14.8. The monoisotopic (exact) mass is 369 g/mol. The normalized spacial score (nSPS) is 23.1. The summed E-state index contributed by atoms with van der Waals surface area (Å²) in [6.45, 7) is 1.71. The van der Waals surface area contributed by atoms with E-state index < -0.39 is 0 Å². The maximum absolute atomic E-state index is 13.1. The van der Waals surface area contributed by atoms with Gasteiger partial charge in [0.25, 0.3) is 0 Å². The minimum Gasteiger partial charge on any atom is -0.394 e. The van der Waals surface area contributed by atoms with E-state index in [0.717, 1.165) is 11.3 Å². The molecule has 2 aliphatic rings. The van der Waals surface area contributed by atoms with E-state index in [-0.39, 0.29) is 42.4 Å². The first-order valence-corrected chi connectivity index (χ1v) is 8.84. The van der Waals surface area contributed by atoms with Crippen LogP contribution < -0.4 is 10.2 Å². The molecule has 0 saturated carbocycles. The summed E-state index contributed by atoms with van der Waals surface area (Å²) >= 11 is 0. The van der Waals surface area contributed by atoms with Crippen LogP contribution in [0.3, 0.4) is 0 Å². The number of nitrogens with zero attached hydrogens (tertiary/aromatic N) is 2. The van der Waals surface area contributed by atoms with E-state index in [2.05, 4.69) is 5.32 Å². The fourth-order valence-corrected chi connectivity index (χ4v) is 4.19. The number of hydrogen-bond acceptors (Lipinski definition) is 3. The minimum atomic E-state index is -0.383. The molecule has 0 radical (unpaired) electrons. The van der Waals surface area contributed by atoms with Crippen molar-refractivity contribution in [2.75, 3.05) is 23.4 Å². The molecule has 0 bridgehead atoms. The van der Waals surface area contributed by atoms with Gasteiger partial charge in [-0.2, -0.15) is 0 Å². The molecule has 3 atom stereocenters. The first-order valence-electron chi connectivity index (χ1n) is 8.84. The standard InChI is InChI=1S/C20H20FN3O3/c1-12(26)23-10-17-19(15-4-2-3-5-16(15)23)18(11-25)24(17)20(27)22-14-8-6-13(21)7-9-14/h2-9,17-19,25H,10-11H2,1H3,(H,22,27)/t17-,18-,19+/m1/s1. The number of fused-ring (bicyclic) bond motifs is 3. The van der Waals surface area contributed by atoms with E-state index >= 15 is 0 Å². The van der Waals surface area contributed by atoms with E-state index in [1.807, 2.05) is 24.3 Å². The van der Waals surface area contributed by atoms with E-state index in [4.69, 9.17) is 0 Å². The summed E-state index contributed by atoms with van der Waals surface area (Å²) in [7, 11) is 0. The molecule has 2 N–H and O–H groups in total. The van der Waals surface area contributed by atoms with Gasteiger partial charge in [-0.3, -0.25) is 4.79 Å². The number of likely N-dealkylation sites (tertiary alicyclic amines) is 1. The number of carbonyl (C=O) groups excluding carboxylic acids is 2. The Hall–Kier alpha value is -2.93. The van der Waals surface area contributed by atoms with Crippen molar-refractivity contribution < 1.29 is 19.1 Å². The maximum Gasteiger partial charge on any atom is 0.322 e. The SMILES string of the molecule is CC(=O)N1C[C@@H]2[C@H](c3ccccc31)[C@@H](CO)N2C(=O)Nc1ccc(F)cc1. The van der Waals surface area contributed by atoms with Gasteiger partial charge in [0.05, 0.1) is 18.7 Å². The topological polar surface area (TPSA) is 72.9 Å². The molecule has 7 heteroatoms. The molecule has 140 valence electrons. The molecule has 1 saturated heterocycles. The van der Waals surface area contributed by atoms with E-state index in [1.165, 1.54) is 31.2 Å². The molecule has 1 fully saturated rings. The first-order chi connectivity index (χ1) is 13.0. The molecule has 6 nitrogen and oxygen atoms in total. The highest BCUT2D eigenvalue weighted by atomic mass is 19.1. The lowest BCUT2D eigenvalue weighted by atomic mass is 9.72. The summed E-state index contributed by atoms with van der Waals surface area (Å²) in [6, 6.07) is 12.2. The summed E-state index contributed by atoms with van der Waals surface area (Å²) < 4.78 is 13.1. The van der Waals surface area contributed by atoms with Crippen LogP contribution in [-0.4, -0.2) is 47.2 Å². The second kappa shape index (κ2) is 6.66. The van der Waals surface area contributed by atoms with Crippen molar-refractivity contribution in [3.63, 3.8) is 0 Å². The van der Waals surface area contributed by atoms with Crippen LogP contribution in [0.15, 0.2) is 48.5 Å². The van der Waals surface area contributed by atoms with Crippen LogP contribution >= 0.6 is 0 Å². The molecule has 27 heavy (non-hydrogen) atoms. The fraction of sp³-hybridized carbons (Fsp3) is 0.300. The summed E-state index contributed by atoms with van der Waals surface area (Å²) in [5, 5.41) is 12.6. The van der Waals surface area contributed by atoms with Gasteiger partial charge in [-0.05, 0) is 35.9 Å². The number of hydrogen-bond donors (Lipinski definition) is 2. The van der Waals surface area contributed by atoms with E-state index in [1.54, 1.807) is 9.80 Å². The number of aliphatic hydroxyl groups is 1. The lowest BCUT2D eigenvalue weighted by Gasteiger charge is -2.58. The molecule has 0 aliphatic carbocycles. The Balaban J connectivity index is 1.62. The zero-order chi connectivity index (χ0) is 19.1. The minimum absolute atomic E-state index is 0.0271. The number of halogens is 1. The van der Waals surface area contributed by atoms with Gasteiger partial charge in [-0.15, -0.1) is 0 Å². The highest BCUT2D eigenvalue weighted by Crippen LogP contribution is 2.48. The number of anilines is 2. The van der Waals surface area contributed by atoms with Gasteiger partial charge in [0.2, 0.25) is 5.91 Å². The summed E-state index contributed by atoms with van der Waals surface area (Å²) in [4.78, 5) is 28.2. The predicted octanol–water partition coefficient (Wildman–Crippen LogP) is 2.55. The molecule has 2 aliphatic heterocycles. The van der Waals surface area contributed by atoms with E-state index in [0.29, 0.717) is 12.2 Å². The zero-order valence-corrected chi connectivity index (χ0v) is 14.8. The van der Waals surface area contributed by atoms with Crippen molar-refractivity contribution in [1.29, 1.82) is 0 Å². The number of para-hydroxylation sites is 1. The van der Waals surface area contributed by atoms with Crippen molar-refractivity contribution in [3.8, 4) is 0 Å². The van der Waals surface area contributed by atoms with Crippen LogP contribution in [0, 0.1) is 5.82 Å². The number of rotatable bonds is 2. The third-order valence-electron chi connectivity index (χ3n) is 5.40. The smallest absolute Gasteiger partial charge is 0.322 e. The molecule has 2 aromatic carbocycles. The van der Waals surface area contributed by atoms with Gasteiger partial charge < -0.3 is 20.2 Å². The first kappa shape index (κ1) is 17.5. The van der Waals surface area contributed by atoms with Gasteiger partial charge in [0, 0.05) is 30.8 Å². The lowest BCUT2D eigenvalue weighted by molar-refractivity contribution is -0.117. The molecule has 2 heterocycles. The molecule has 2 aromatic rings. The average Bonchev–Trinajstić information content (AvgIpc) is 2.63. The Bertz CT molecular complexity index is 886. The Morgan fingerprint density at radius 3 is 2.56 bits per heavy atom. The van der Waals surface area contributed by atoms with Crippen LogP contribution in [0.5, 0.6) is 0 Å². The third kappa shape index (κ3) is 2.84. The Kier molecular flexibility index (Phi) is 4.31. The van der Waals surface area contributed by atoms with Crippen molar-refractivity contribution >= 4 is 23.3 Å². The van der Waals surface area contributed by atoms with Crippen LogP contribution in [-0.2, 0) is 4.79 Å². The van der Waals surface area contributed by atoms with Crippen molar-refractivity contribution in [1.82, 2.24) is 4.90 Å². The molecule has 0 aromatic heterocycles. The summed E-state index contributed by atoms with van der Waals surface area (Å²) in [5.74, 6) is -0.501. The van der Waals surface area contributed by atoms with Crippen LogP contribution in [0.2, 0.25) is 0 Å². The molecular weight excluding hydrogens is 349 g/mol. The average molecular weight is 369 g/mol. The largest absolute Gasteiger partial charge is 0.394 e. The van der Waals surface area contributed by atoms with Gasteiger partial charge in [-0.25, -0.2) is 9.18 Å². The number of carbonyl (C=O) groups is 2. The number of nitrogens with one attached hydrogen (secondary N) is 1. The highest BCUT2D eigenvalue weighted by molar-refractivity contribution is 5.95. The van der Waals surface area contributed by atoms with Gasteiger partial charge in [0.1, 0.15) is 5.82 Å². The number of aliphatic hydroxyl groups excluding tert-OH is 1. The number of urea groups is 1. The van der Waals surface area contributed by atoms with E-state index in [9.17, 15) is 19.1 Å². The van der Waals surface area contributed by atoms with Crippen LogP contribution in [0.4, 0.5) is 20.6 Å². The highest BCUT2D eigenvalue weighted by Gasteiger charge is 2.55. The molecule has 0 unspecified atom stereocenters. The predicted molar refractivity (Wildman–Crippen MR) is 99.1 cm³/mol. The second-order valence-electron chi connectivity index (χ2n) is 6.88.